The highest BCUT2D eigenvalue weighted by Crippen LogP contribution is 2.23. The van der Waals surface area contributed by atoms with Gasteiger partial charge in [0, 0.05) is 43.5 Å². The minimum Gasteiger partial charge on any atom is -0.378 e. The molecule has 142 valence electrons. The number of hydrogen-bond acceptors (Lipinski definition) is 5. The number of anilines is 2. The summed E-state index contributed by atoms with van der Waals surface area (Å²) in [6, 6.07) is 7.28. The molecule has 2 aliphatic rings. The van der Waals surface area contributed by atoms with Gasteiger partial charge in [-0.15, -0.1) is 0 Å². The first-order valence-corrected chi connectivity index (χ1v) is 9.38. The van der Waals surface area contributed by atoms with Crippen molar-refractivity contribution in [1.29, 1.82) is 0 Å². The first kappa shape index (κ1) is 18.7. The van der Waals surface area contributed by atoms with Gasteiger partial charge in [-0.25, -0.2) is 0 Å². The Labute approximate surface area is 154 Å². The molecule has 1 aromatic carbocycles. The van der Waals surface area contributed by atoms with E-state index in [1.165, 1.54) is 12.8 Å². The Balaban J connectivity index is 1.49. The van der Waals surface area contributed by atoms with Crippen LogP contribution in [0, 0.1) is 0 Å². The normalized spacial score (nSPS) is 21.3. The maximum atomic E-state index is 12.4. The molecule has 2 heterocycles. The zero-order valence-electron chi connectivity index (χ0n) is 15.3. The number of carbonyl (C=O) groups excluding carboxylic acids is 2. The Morgan fingerprint density at radius 2 is 2.15 bits per heavy atom. The number of carbonyl (C=O) groups is 2. The van der Waals surface area contributed by atoms with Gasteiger partial charge in [-0.3, -0.25) is 9.59 Å². The van der Waals surface area contributed by atoms with E-state index in [4.69, 9.17) is 4.74 Å². The molecule has 2 fully saturated rings. The smallest absolute Gasteiger partial charge is 0.246 e. The van der Waals surface area contributed by atoms with E-state index in [0.717, 1.165) is 31.0 Å². The van der Waals surface area contributed by atoms with Gasteiger partial charge in [0.05, 0.1) is 13.2 Å². The van der Waals surface area contributed by atoms with Gasteiger partial charge in [-0.1, -0.05) is 6.07 Å². The molecule has 7 nitrogen and oxygen atoms in total. The van der Waals surface area contributed by atoms with Crippen LogP contribution in [0.5, 0.6) is 0 Å². The van der Waals surface area contributed by atoms with Crippen LogP contribution >= 0.6 is 0 Å². The number of benzene rings is 1. The Morgan fingerprint density at radius 3 is 2.88 bits per heavy atom. The maximum Gasteiger partial charge on any atom is 0.246 e. The van der Waals surface area contributed by atoms with Crippen molar-refractivity contribution >= 4 is 23.2 Å². The molecule has 3 rings (SSSR count). The molecular weight excluding hydrogens is 332 g/mol. The van der Waals surface area contributed by atoms with E-state index < -0.39 is 6.04 Å². The van der Waals surface area contributed by atoms with Crippen LogP contribution in [0.1, 0.15) is 26.2 Å². The van der Waals surface area contributed by atoms with Gasteiger partial charge in [0.15, 0.2) is 0 Å². The number of morpholine rings is 1. The van der Waals surface area contributed by atoms with Crippen molar-refractivity contribution in [2.45, 2.75) is 38.3 Å². The zero-order chi connectivity index (χ0) is 18.4. The van der Waals surface area contributed by atoms with Crippen molar-refractivity contribution in [2.75, 3.05) is 43.1 Å². The van der Waals surface area contributed by atoms with Crippen LogP contribution in [0.25, 0.3) is 0 Å². The third kappa shape index (κ3) is 5.19. The first-order chi connectivity index (χ1) is 12.6. The molecule has 0 aromatic heterocycles. The summed E-state index contributed by atoms with van der Waals surface area (Å²) >= 11 is 0. The molecule has 0 radical (unpaired) electrons. The van der Waals surface area contributed by atoms with Crippen LogP contribution < -0.4 is 20.9 Å². The lowest BCUT2D eigenvalue weighted by Crippen LogP contribution is -2.47. The third-order valence-electron chi connectivity index (χ3n) is 4.79. The number of nitrogens with one attached hydrogen (secondary N) is 3. The van der Waals surface area contributed by atoms with Gasteiger partial charge in [-0.2, -0.15) is 0 Å². The van der Waals surface area contributed by atoms with Crippen molar-refractivity contribution in [2.24, 2.45) is 0 Å². The van der Waals surface area contributed by atoms with Crippen molar-refractivity contribution < 1.29 is 14.3 Å². The van der Waals surface area contributed by atoms with E-state index in [-0.39, 0.29) is 17.9 Å². The zero-order valence-corrected chi connectivity index (χ0v) is 15.3. The SMILES string of the molecule is CC(NC(=O)CC1COCCN1)C(=O)Nc1cccc(N2CCCC2)c1. The fourth-order valence-corrected chi connectivity index (χ4v) is 3.35. The van der Waals surface area contributed by atoms with E-state index in [2.05, 4.69) is 26.9 Å². The predicted molar refractivity (Wildman–Crippen MR) is 101 cm³/mol. The molecule has 2 unspecified atom stereocenters. The minimum absolute atomic E-state index is 0.0103. The Bertz CT molecular complexity index is 625. The molecular formula is C19H28N4O3. The third-order valence-corrected chi connectivity index (χ3v) is 4.79. The Morgan fingerprint density at radius 1 is 1.35 bits per heavy atom. The molecule has 0 aliphatic carbocycles. The monoisotopic (exact) mass is 360 g/mol. The molecule has 0 saturated carbocycles. The number of ether oxygens (including phenoxy) is 1. The first-order valence-electron chi connectivity index (χ1n) is 9.38. The molecule has 3 N–H and O–H groups in total. The van der Waals surface area contributed by atoms with Gasteiger partial charge in [-0.05, 0) is 38.0 Å². The van der Waals surface area contributed by atoms with Gasteiger partial charge < -0.3 is 25.6 Å². The van der Waals surface area contributed by atoms with E-state index in [1.54, 1.807) is 6.92 Å². The number of amides is 2. The van der Waals surface area contributed by atoms with Crippen LogP contribution in [0.4, 0.5) is 11.4 Å². The van der Waals surface area contributed by atoms with Crippen LogP contribution in [-0.4, -0.2) is 56.7 Å². The topological polar surface area (TPSA) is 82.7 Å². The van der Waals surface area contributed by atoms with Crippen LogP contribution in [0.2, 0.25) is 0 Å². The molecule has 2 saturated heterocycles. The number of hydrogen-bond donors (Lipinski definition) is 3. The second-order valence-corrected chi connectivity index (χ2v) is 6.95. The quantitative estimate of drug-likeness (QED) is 0.708. The highest BCUT2D eigenvalue weighted by atomic mass is 16.5. The lowest BCUT2D eigenvalue weighted by molar-refractivity contribution is -0.127. The summed E-state index contributed by atoms with van der Waals surface area (Å²) in [5.74, 6) is -0.369. The minimum atomic E-state index is -0.595. The molecule has 2 amide bonds. The summed E-state index contributed by atoms with van der Waals surface area (Å²) in [6.45, 7) is 5.76. The number of rotatable bonds is 6. The highest BCUT2D eigenvalue weighted by molar-refractivity contribution is 5.97. The Kier molecular flexibility index (Phi) is 6.46. The summed E-state index contributed by atoms with van der Waals surface area (Å²) in [6.07, 6.45) is 2.73. The fraction of sp³-hybridized carbons (Fsp3) is 0.579. The lowest BCUT2D eigenvalue weighted by atomic mass is 10.1. The summed E-state index contributed by atoms with van der Waals surface area (Å²) in [5.41, 5.74) is 1.88. The number of nitrogens with zero attached hydrogens (tertiary/aromatic N) is 1. The fourth-order valence-electron chi connectivity index (χ4n) is 3.35. The second kappa shape index (κ2) is 9.00. The lowest BCUT2D eigenvalue weighted by Gasteiger charge is -2.24. The van der Waals surface area contributed by atoms with Crippen LogP contribution in [0.15, 0.2) is 24.3 Å². The average Bonchev–Trinajstić information content (AvgIpc) is 3.17. The standard InChI is InChI=1S/C19H28N4O3/c1-14(21-18(24)12-16-13-26-10-7-20-16)19(25)22-15-5-4-6-17(11-15)23-8-2-3-9-23/h4-6,11,14,16,20H,2-3,7-10,12-13H2,1H3,(H,21,24)(H,22,25). The molecule has 26 heavy (non-hydrogen) atoms. The molecule has 1 aromatic rings. The summed E-state index contributed by atoms with van der Waals surface area (Å²) in [4.78, 5) is 26.8. The largest absolute Gasteiger partial charge is 0.378 e. The van der Waals surface area contributed by atoms with E-state index in [9.17, 15) is 9.59 Å². The van der Waals surface area contributed by atoms with Crippen molar-refractivity contribution in [3.05, 3.63) is 24.3 Å². The maximum absolute atomic E-state index is 12.4. The van der Waals surface area contributed by atoms with Gasteiger partial charge in [0.2, 0.25) is 11.8 Å². The predicted octanol–water partition coefficient (Wildman–Crippen LogP) is 1.11. The van der Waals surface area contributed by atoms with Crippen LogP contribution in [0.3, 0.4) is 0 Å². The molecule has 0 bridgehead atoms. The summed E-state index contributed by atoms with van der Waals surface area (Å²) < 4.78 is 5.34. The van der Waals surface area contributed by atoms with Gasteiger partial charge in [0.1, 0.15) is 6.04 Å². The van der Waals surface area contributed by atoms with Crippen LogP contribution in [-0.2, 0) is 14.3 Å². The Hall–Kier alpha value is -2.12. The van der Waals surface area contributed by atoms with Crippen molar-refractivity contribution in [3.8, 4) is 0 Å². The summed E-state index contributed by atoms with van der Waals surface area (Å²) in [7, 11) is 0. The summed E-state index contributed by atoms with van der Waals surface area (Å²) in [5, 5.41) is 8.89. The molecule has 2 atom stereocenters. The van der Waals surface area contributed by atoms with E-state index in [1.807, 2.05) is 18.2 Å². The molecule has 2 aliphatic heterocycles. The molecule has 0 spiro atoms. The van der Waals surface area contributed by atoms with Crippen molar-refractivity contribution in [3.63, 3.8) is 0 Å². The highest BCUT2D eigenvalue weighted by Gasteiger charge is 2.21. The van der Waals surface area contributed by atoms with Gasteiger partial charge >= 0.3 is 0 Å². The van der Waals surface area contributed by atoms with Gasteiger partial charge in [0.25, 0.3) is 0 Å². The molecule has 7 heteroatoms. The van der Waals surface area contributed by atoms with Crippen molar-refractivity contribution in [1.82, 2.24) is 10.6 Å². The second-order valence-electron chi connectivity index (χ2n) is 6.95. The average molecular weight is 360 g/mol. The van der Waals surface area contributed by atoms with E-state index in [0.29, 0.717) is 19.6 Å². The van der Waals surface area contributed by atoms with E-state index >= 15 is 0 Å².